The maximum atomic E-state index is 12.1. The Morgan fingerprint density at radius 1 is 1.04 bits per heavy atom. The monoisotopic (exact) mass is 350 g/mol. The van der Waals surface area contributed by atoms with Gasteiger partial charge in [-0.3, -0.25) is 24.1 Å². The van der Waals surface area contributed by atoms with Gasteiger partial charge in [0.05, 0.1) is 5.92 Å². The van der Waals surface area contributed by atoms with Crippen LogP contribution in [0.2, 0.25) is 0 Å². The van der Waals surface area contributed by atoms with Gasteiger partial charge in [0.2, 0.25) is 0 Å². The summed E-state index contributed by atoms with van der Waals surface area (Å²) in [5, 5.41) is 0. The number of imide groups is 1. The lowest BCUT2D eigenvalue weighted by atomic mass is 9.82. The van der Waals surface area contributed by atoms with Gasteiger partial charge in [-0.25, -0.2) is 0 Å². The molecule has 1 saturated carbocycles. The summed E-state index contributed by atoms with van der Waals surface area (Å²) in [5.41, 5.74) is 5.39. The summed E-state index contributed by atoms with van der Waals surface area (Å²) in [6.07, 6.45) is 7.92. The summed E-state index contributed by atoms with van der Waals surface area (Å²) >= 11 is 0. The van der Waals surface area contributed by atoms with Crippen LogP contribution in [-0.4, -0.2) is 41.7 Å². The van der Waals surface area contributed by atoms with Crippen LogP contribution in [0.5, 0.6) is 0 Å². The Morgan fingerprint density at radius 3 is 2.28 bits per heavy atom. The van der Waals surface area contributed by atoms with Crippen molar-refractivity contribution in [2.24, 2.45) is 17.6 Å². The minimum Gasteiger partial charge on any atom is -0.393 e. The van der Waals surface area contributed by atoms with Crippen LogP contribution in [0.15, 0.2) is 12.2 Å². The van der Waals surface area contributed by atoms with Crippen LogP contribution in [0.25, 0.3) is 0 Å². The van der Waals surface area contributed by atoms with Gasteiger partial charge in [0.25, 0.3) is 11.8 Å². The van der Waals surface area contributed by atoms with E-state index in [1.165, 1.54) is 17.1 Å². The Morgan fingerprint density at radius 2 is 1.68 bits per heavy atom. The molecule has 0 spiro atoms. The molecule has 0 radical (unpaired) electrons. The number of ether oxygens (including phenoxy) is 1. The second kappa shape index (κ2) is 9.46. The van der Waals surface area contributed by atoms with E-state index in [0.29, 0.717) is 32.4 Å². The van der Waals surface area contributed by atoms with E-state index in [2.05, 4.69) is 0 Å². The molecule has 2 rings (SSSR count). The molecular formula is C18H26N2O5. The van der Waals surface area contributed by atoms with E-state index in [1.807, 2.05) is 0 Å². The molecule has 0 saturated heterocycles. The summed E-state index contributed by atoms with van der Waals surface area (Å²) in [6.45, 7) is 0.994. The van der Waals surface area contributed by atoms with Crippen molar-refractivity contribution in [3.63, 3.8) is 0 Å². The minimum atomic E-state index is -0.469. The van der Waals surface area contributed by atoms with E-state index in [4.69, 9.17) is 10.5 Å². The number of carbonyl (C=O) groups excluding carboxylic acids is 4. The third-order valence-electron chi connectivity index (χ3n) is 4.82. The predicted molar refractivity (Wildman–Crippen MR) is 89.9 cm³/mol. The smallest absolute Gasteiger partial charge is 0.316 e. The van der Waals surface area contributed by atoms with Crippen molar-refractivity contribution >= 4 is 23.8 Å². The zero-order chi connectivity index (χ0) is 18.2. The molecular weight excluding hydrogens is 324 g/mol. The van der Waals surface area contributed by atoms with Gasteiger partial charge in [-0.15, -0.1) is 0 Å². The highest BCUT2D eigenvalue weighted by Gasteiger charge is 2.32. The molecule has 7 heteroatoms. The number of nitrogens with two attached hydrogens (primary N) is 1. The van der Waals surface area contributed by atoms with Gasteiger partial charge in [-0.1, -0.05) is 6.42 Å². The molecule has 0 bridgehead atoms. The molecule has 0 unspecified atom stereocenters. The summed E-state index contributed by atoms with van der Waals surface area (Å²) in [5.74, 6) is -1.53. The van der Waals surface area contributed by atoms with E-state index in [9.17, 15) is 19.2 Å². The highest BCUT2D eigenvalue weighted by molar-refractivity contribution is 6.12. The molecule has 0 aromatic carbocycles. The second-order valence-electron chi connectivity index (χ2n) is 6.73. The fourth-order valence-corrected chi connectivity index (χ4v) is 3.29. The van der Waals surface area contributed by atoms with E-state index in [-0.39, 0.29) is 30.1 Å². The number of nitrogens with zero attached hydrogens (tertiary/aromatic N) is 1. The number of amides is 2. The van der Waals surface area contributed by atoms with Crippen molar-refractivity contribution in [1.82, 2.24) is 4.90 Å². The summed E-state index contributed by atoms with van der Waals surface area (Å²) < 4.78 is 4.94. The lowest BCUT2D eigenvalue weighted by molar-refractivity contribution is -0.164. The molecule has 1 aliphatic heterocycles. The van der Waals surface area contributed by atoms with E-state index >= 15 is 0 Å². The molecule has 1 heterocycles. The summed E-state index contributed by atoms with van der Waals surface area (Å²) in [6, 6.07) is 0. The third-order valence-corrected chi connectivity index (χ3v) is 4.82. The van der Waals surface area contributed by atoms with Crippen LogP contribution in [0.4, 0.5) is 0 Å². The van der Waals surface area contributed by atoms with Gasteiger partial charge >= 0.3 is 11.9 Å². The third kappa shape index (κ3) is 5.77. The number of hydrogen-bond donors (Lipinski definition) is 1. The summed E-state index contributed by atoms with van der Waals surface area (Å²) in [7, 11) is 0. The highest BCUT2D eigenvalue weighted by atomic mass is 16.6. The van der Waals surface area contributed by atoms with Crippen LogP contribution in [0, 0.1) is 11.8 Å². The number of unbranched alkanes of at least 4 members (excludes halogenated alkanes) is 2. The van der Waals surface area contributed by atoms with E-state index < -0.39 is 11.9 Å². The lowest BCUT2D eigenvalue weighted by Gasteiger charge is -2.29. The molecule has 2 N–H and O–H groups in total. The molecule has 25 heavy (non-hydrogen) atoms. The van der Waals surface area contributed by atoms with Gasteiger partial charge in [-0.2, -0.15) is 0 Å². The first-order valence-electron chi connectivity index (χ1n) is 8.99. The van der Waals surface area contributed by atoms with E-state index in [1.54, 1.807) is 0 Å². The first-order valence-corrected chi connectivity index (χ1v) is 8.99. The van der Waals surface area contributed by atoms with Crippen LogP contribution < -0.4 is 5.73 Å². The van der Waals surface area contributed by atoms with Gasteiger partial charge in [0, 0.05) is 25.1 Å². The van der Waals surface area contributed by atoms with Crippen molar-refractivity contribution in [3.8, 4) is 0 Å². The second-order valence-corrected chi connectivity index (χ2v) is 6.73. The molecule has 2 aliphatic rings. The average Bonchev–Trinajstić information content (AvgIpc) is 2.91. The Labute approximate surface area is 147 Å². The normalized spacial score (nSPS) is 23.2. The van der Waals surface area contributed by atoms with Crippen molar-refractivity contribution in [3.05, 3.63) is 12.2 Å². The van der Waals surface area contributed by atoms with Crippen molar-refractivity contribution in [2.75, 3.05) is 13.1 Å². The van der Waals surface area contributed by atoms with Gasteiger partial charge < -0.3 is 10.5 Å². The average molecular weight is 350 g/mol. The van der Waals surface area contributed by atoms with Crippen molar-refractivity contribution in [2.45, 2.75) is 51.4 Å². The lowest BCUT2D eigenvalue weighted by Crippen LogP contribution is -2.37. The topological polar surface area (TPSA) is 107 Å². The molecule has 0 atom stereocenters. The van der Waals surface area contributed by atoms with Crippen LogP contribution in [0.1, 0.15) is 51.4 Å². The predicted octanol–water partition coefficient (Wildman–Crippen LogP) is 1.31. The zero-order valence-electron chi connectivity index (χ0n) is 14.4. The zero-order valence-corrected chi connectivity index (χ0v) is 14.4. The fourth-order valence-electron chi connectivity index (χ4n) is 3.29. The molecule has 0 aromatic rings. The molecule has 7 nitrogen and oxygen atoms in total. The number of hydrogen-bond acceptors (Lipinski definition) is 6. The van der Waals surface area contributed by atoms with E-state index in [0.717, 1.165) is 25.7 Å². The molecule has 2 amide bonds. The number of carbonyl (C=O) groups is 4. The first-order chi connectivity index (χ1) is 12.0. The molecule has 1 fully saturated rings. The van der Waals surface area contributed by atoms with Crippen molar-refractivity contribution < 1.29 is 23.9 Å². The summed E-state index contributed by atoms with van der Waals surface area (Å²) in [4.78, 5) is 48.1. The quantitative estimate of drug-likeness (QED) is 0.306. The van der Waals surface area contributed by atoms with Gasteiger partial charge in [0.15, 0.2) is 0 Å². The Hall–Kier alpha value is -2.02. The maximum Gasteiger partial charge on any atom is 0.316 e. The van der Waals surface area contributed by atoms with Gasteiger partial charge in [0.1, 0.15) is 0 Å². The molecule has 138 valence electrons. The first kappa shape index (κ1) is 19.3. The van der Waals surface area contributed by atoms with Crippen molar-refractivity contribution in [1.29, 1.82) is 0 Å². The van der Waals surface area contributed by atoms with Crippen LogP contribution in [0.3, 0.4) is 0 Å². The van der Waals surface area contributed by atoms with Gasteiger partial charge in [-0.05, 0) is 51.0 Å². The molecule has 0 aromatic heterocycles. The Kier molecular flexibility index (Phi) is 7.31. The minimum absolute atomic E-state index is 0.198. The molecule has 1 aliphatic carbocycles. The number of esters is 2. The maximum absolute atomic E-state index is 12.1. The van der Waals surface area contributed by atoms with Crippen LogP contribution in [-0.2, 0) is 23.9 Å². The standard InChI is InChI=1S/C18H26N2O5/c19-11-3-1-2-4-17(23)25-18(24)14-7-5-13(6-8-14)12-20-15(21)9-10-16(20)22/h9-10,13-14H,1-8,11-12,19H2. The number of rotatable bonds is 8. The fraction of sp³-hybridized carbons (Fsp3) is 0.667. The SMILES string of the molecule is NCCCCCC(=O)OC(=O)C1CCC(CN2C(=O)C=CC2=O)CC1. The Balaban J connectivity index is 1.67. The Bertz CT molecular complexity index is 532. The highest BCUT2D eigenvalue weighted by Crippen LogP contribution is 2.30. The largest absolute Gasteiger partial charge is 0.393 e. The van der Waals surface area contributed by atoms with Crippen LogP contribution >= 0.6 is 0 Å².